The van der Waals surface area contributed by atoms with Gasteiger partial charge in [-0.05, 0) is 100 Å². The fourth-order valence-electron chi connectivity index (χ4n) is 6.41. The number of nitrogens with zero attached hydrogens (tertiary/aromatic N) is 4. The number of H-pyrrole nitrogens is 1. The van der Waals surface area contributed by atoms with Crippen molar-refractivity contribution in [3.63, 3.8) is 0 Å². The van der Waals surface area contributed by atoms with Crippen molar-refractivity contribution in [2.45, 2.75) is 76.9 Å². The van der Waals surface area contributed by atoms with Gasteiger partial charge in [0, 0.05) is 41.8 Å². The van der Waals surface area contributed by atoms with E-state index < -0.39 is 11.5 Å². The largest absolute Gasteiger partial charge is 0.388 e. The van der Waals surface area contributed by atoms with Gasteiger partial charge in [-0.2, -0.15) is 4.98 Å². The van der Waals surface area contributed by atoms with E-state index >= 15 is 4.39 Å². The number of carbonyl (C=O) groups excluding carboxylic acids is 1. The summed E-state index contributed by atoms with van der Waals surface area (Å²) >= 11 is 6.26. The maximum absolute atomic E-state index is 15.2. The van der Waals surface area contributed by atoms with Crippen molar-refractivity contribution < 1.29 is 9.18 Å². The molecule has 2 aromatic heterocycles. The van der Waals surface area contributed by atoms with Crippen molar-refractivity contribution in [2.24, 2.45) is 22.2 Å². The van der Waals surface area contributed by atoms with Gasteiger partial charge in [0.2, 0.25) is 5.91 Å². The highest BCUT2D eigenvalue weighted by molar-refractivity contribution is 6.31. The van der Waals surface area contributed by atoms with Crippen molar-refractivity contribution in [3.05, 3.63) is 81.1 Å². The second-order valence-electron chi connectivity index (χ2n) is 12.3. The summed E-state index contributed by atoms with van der Waals surface area (Å²) in [6.07, 6.45) is 7.76. The molecule has 244 valence electrons. The number of nitrogens with two attached hydrogens (primary N) is 3. The van der Waals surface area contributed by atoms with Crippen LogP contribution in [0, 0.1) is 5.82 Å². The normalized spacial score (nSPS) is 18.2. The number of hydrogen-bond donors (Lipinski definition) is 4. The molecule has 0 saturated carbocycles. The van der Waals surface area contributed by atoms with E-state index in [4.69, 9.17) is 28.8 Å². The number of nitrogens with one attached hydrogen (secondary N) is 1. The quantitative estimate of drug-likeness (QED) is 0.125. The van der Waals surface area contributed by atoms with Crippen LogP contribution in [0.15, 0.2) is 58.4 Å². The van der Waals surface area contributed by atoms with Gasteiger partial charge in [-0.25, -0.2) is 9.18 Å². The Morgan fingerprint density at radius 1 is 1.20 bits per heavy atom. The fourth-order valence-corrected chi connectivity index (χ4v) is 6.65. The maximum Gasteiger partial charge on any atom is 0.354 e. The summed E-state index contributed by atoms with van der Waals surface area (Å²) in [4.78, 5) is 39.0. The van der Waals surface area contributed by atoms with Gasteiger partial charge in [0.15, 0.2) is 5.82 Å². The Balaban J connectivity index is 1.40. The smallest absolute Gasteiger partial charge is 0.354 e. The van der Waals surface area contributed by atoms with E-state index in [1.54, 1.807) is 31.3 Å². The van der Waals surface area contributed by atoms with Gasteiger partial charge in [-0.1, -0.05) is 23.7 Å². The molecule has 3 heterocycles. The zero-order chi connectivity index (χ0) is 33.0. The Hall–Kier alpha value is -4.06. The number of likely N-dealkylation sites (tertiary alicyclic amines) is 1. The number of carbonyl (C=O) groups is 1. The minimum Gasteiger partial charge on any atom is -0.388 e. The van der Waals surface area contributed by atoms with Crippen LogP contribution in [0.4, 0.5) is 4.39 Å². The van der Waals surface area contributed by atoms with Gasteiger partial charge in [-0.15, -0.1) is 0 Å². The van der Waals surface area contributed by atoms with E-state index in [1.165, 1.54) is 4.57 Å². The number of hydrogen-bond acceptors (Lipinski definition) is 6. The number of benzene rings is 2. The van der Waals surface area contributed by atoms with Gasteiger partial charge < -0.3 is 22.2 Å². The second kappa shape index (κ2) is 14.6. The molecule has 0 spiro atoms. The van der Waals surface area contributed by atoms with Crippen LogP contribution in [0.25, 0.3) is 28.0 Å². The molecule has 0 radical (unpaired) electrons. The van der Waals surface area contributed by atoms with Gasteiger partial charge >= 0.3 is 5.69 Å². The number of rotatable bonds is 12. The Labute approximate surface area is 272 Å². The third kappa shape index (κ3) is 7.83. The first-order chi connectivity index (χ1) is 22.0. The minimum absolute atomic E-state index is 0.00371. The van der Waals surface area contributed by atoms with E-state index in [0.29, 0.717) is 40.4 Å². The van der Waals surface area contributed by atoms with Crippen molar-refractivity contribution in [1.82, 2.24) is 19.4 Å². The molecule has 7 N–H and O–H groups in total. The van der Waals surface area contributed by atoms with Crippen LogP contribution in [0.1, 0.15) is 69.5 Å². The highest BCUT2D eigenvalue weighted by atomic mass is 35.5. The van der Waals surface area contributed by atoms with Gasteiger partial charge in [-0.3, -0.25) is 19.3 Å². The standard InChI is InChI=1S/C34H42ClFN8O2/c1-20(37)5-3-6-22-15-27(32(36)28(35)16-22)29-17-24-18-44(34(46)42-33(24)41-29)26-11-9-23(10-12-26)30-8-4-7-25(13-14-40-21(2)38)43(30)19-31(39)45/h9-12,15-18,20,25,30H,3-8,13-14,19,37H2,1-2H3,(H2,38,40)(H2,39,45)(H,41,42,46). The predicted molar refractivity (Wildman–Crippen MR) is 182 cm³/mol. The summed E-state index contributed by atoms with van der Waals surface area (Å²) in [5.74, 6) is -0.371. The molecule has 1 aliphatic rings. The molecule has 1 aliphatic heterocycles. The van der Waals surface area contributed by atoms with Crippen LogP contribution >= 0.6 is 11.6 Å². The number of fused-ring (bicyclic) bond motifs is 1. The lowest BCUT2D eigenvalue weighted by molar-refractivity contribution is -0.121. The van der Waals surface area contributed by atoms with Gasteiger partial charge in [0.05, 0.1) is 28.8 Å². The summed E-state index contributed by atoms with van der Waals surface area (Å²) < 4.78 is 16.6. The molecule has 1 amide bonds. The highest BCUT2D eigenvalue weighted by Gasteiger charge is 2.32. The second-order valence-corrected chi connectivity index (χ2v) is 12.7. The summed E-state index contributed by atoms with van der Waals surface area (Å²) in [7, 11) is 0. The predicted octanol–water partition coefficient (Wildman–Crippen LogP) is 4.99. The fraction of sp³-hybridized carbons (Fsp3) is 0.412. The van der Waals surface area contributed by atoms with Crippen molar-refractivity contribution in [3.8, 4) is 16.9 Å². The third-order valence-corrected chi connectivity index (χ3v) is 8.89. The van der Waals surface area contributed by atoms with Gasteiger partial charge in [0.1, 0.15) is 5.65 Å². The van der Waals surface area contributed by atoms with E-state index in [9.17, 15) is 9.59 Å². The summed E-state index contributed by atoms with van der Waals surface area (Å²) in [6.45, 7) is 4.47. The van der Waals surface area contributed by atoms with Crippen molar-refractivity contribution >= 4 is 34.4 Å². The average Bonchev–Trinajstić information content (AvgIpc) is 3.41. The topological polar surface area (TPSA) is 161 Å². The molecule has 0 aliphatic carbocycles. The maximum atomic E-state index is 15.2. The number of amides is 1. The molecular weight excluding hydrogens is 607 g/mol. The van der Waals surface area contributed by atoms with Crippen LogP contribution in [0.3, 0.4) is 0 Å². The minimum atomic E-state index is -0.535. The van der Waals surface area contributed by atoms with Gasteiger partial charge in [0.25, 0.3) is 0 Å². The van der Waals surface area contributed by atoms with E-state index in [1.807, 2.05) is 31.2 Å². The molecule has 3 unspecified atom stereocenters. The number of aromatic amines is 1. The SMILES string of the molecule is CC(N)=NCCC1CCCC(c2ccc(-n3cc4cc(-c5cc(CCCC(C)N)cc(Cl)c5F)[nH]c4nc3=O)cc2)N1CC(N)=O. The first kappa shape index (κ1) is 33.3. The van der Waals surface area contributed by atoms with Crippen LogP contribution in [0.2, 0.25) is 5.02 Å². The number of aromatic nitrogens is 3. The Kier molecular flexibility index (Phi) is 10.6. The van der Waals surface area contributed by atoms with E-state index in [2.05, 4.69) is 19.9 Å². The zero-order valence-electron chi connectivity index (χ0n) is 26.3. The first-order valence-corrected chi connectivity index (χ1v) is 16.1. The Morgan fingerprint density at radius 2 is 1.96 bits per heavy atom. The number of piperidine rings is 1. The number of primary amides is 1. The lowest BCUT2D eigenvalue weighted by Crippen LogP contribution is -2.46. The van der Waals surface area contributed by atoms with Crippen LogP contribution < -0.4 is 22.9 Å². The van der Waals surface area contributed by atoms with Crippen LogP contribution in [-0.4, -0.2) is 56.4 Å². The van der Waals surface area contributed by atoms with Crippen LogP contribution in [0.5, 0.6) is 0 Å². The number of amidine groups is 1. The molecule has 5 rings (SSSR count). The van der Waals surface area contributed by atoms with E-state index in [-0.39, 0.29) is 35.6 Å². The van der Waals surface area contributed by atoms with Crippen LogP contribution in [-0.2, 0) is 11.2 Å². The lowest BCUT2D eigenvalue weighted by atomic mass is 9.89. The molecule has 3 atom stereocenters. The number of aliphatic imine (C=N–C) groups is 1. The third-order valence-electron chi connectivity index (χ3n) is 8.61. The molecule has 4 aromatic rings. The summed E-state index contributed by atoms with van der Waals surface area (Å²) in [5.41, 5.74) is 20.5. The molecule has 1 saturated heterocycles. The molecule has 1 fully saturated rings. The summed E-state index contributed by atoms with van der Waals surface area (Å²) in [5, 5.41) is 0.687. The van der Waals surface area contributed by atoms with Crippen molar-refractivity contribution in [2.75, 3.05) is 13.1 Å². The molecule has 10 nitrogen and oxygen atoms in total. The monoisotopic (exact) mass is 648 g/mol. The molecule has 12 heteroatoms. The highest BCUT2D eigenvalue weighted by Crippen LogP contribution is 2.36. The molecule has 2 aromatic carbocycles. The van der Waals surface area contributed by atoms with Crippen molar-refractivity contribution in [1.29, 1.82) is 0 Å². The number of halogens is 2. The molecule has 0 bridgehead atoms. The molecular formula is C34H42ClFN8O2. The number of aryl methyl sites for hydroxylation is 1. The summed E-state index contributed by atoms with van der Waals surface area (Å²) in [6, 6.07) is 13.1. The first-order valence-electron chi connectivity index (χ1n) is 15.8. The lowest BCUT2D eigenvalue weighted by Gasteiger charge is -2.42. The molecule has 46 heavy (non-hydrogen) atoms. The Morgan fingerprint density at radius 3 is 2.65 bits per heavy atom. The average molecular weight is 649 g/mol. The zero-order valence-corrected chi connectivity index (χ0v) is 27.1. The van der Waals surface area contributed by atoms with E-state index in [0.717, 1.165) is 56.1 Å². The Bertz CT molecular complexity index is 1780.